The number of aryl methyl sites for hydroxylation is 1. The highest BCUT2D eigenvalue weighted by molar-refractivity contribution is 7.09. The van der Waals surface area contributed by atoms with Gasteiger partial charge in [-0.2, -0.15) is 0 Å². The minimum Gasteiger partial charge on any atom is -0.376 e. The Kier molecular flexibility index (Phi) is 3.17. The van der Waals surface area contributed by atoms with Crippen molar-refractivity contribution in [1.29, 1.82) is 0 Å². The predicted molar refractivity (Wildman–Crippen MR) is 80.6 cm³/mol. The van der Waals surface area contributed by atoms with Gasteiger partial charge in [0.2, 0.25) is 0 Å². The molecule has 1 aromatic carbocycles. The van der Waals surface area contributed by atoms with E-state index < -0.39 is 0 Å². The van der Waals surface area contributed by atoms with E-state index in [1.54, 1.807) is 11.3 Å². The van der Waals surface area contributed by atoms with E-state index in [0.29, 0.717) is 0 Å². The van der Waals surface area contributed by atoms with E-state index in [4.69, 9.17) is 0 Å². The van der Waals surface area contributed by atoms with Crippen LogP contribution in [-0.4, -0.2) is 9.97 Å². The quantitative estimate of drug-likeness (QED) is 0.775. The third-order valence-electron chi connectivity index (χ3n) is 3.18. The Hall–Kier alpha value is -1.94. The topological polar surface area (TPSA) is 37.8 Å². The molecule has 1 unspecified atom stereocenters. The van der Waals surface area contributed by atoms with Gasteiger partial charge in [0, 0.05) is 16.5 Å². The summed E-state index contributed by atoms with van der Waals surface area (Å²) in [5.41, 5.74) is 5.07. The first-order valence-corrected chi connectivity index (χ1v) is 7.14. The Balaban J connectivity index is 1.96. The van der Waals surface area contributed by atoms with E-state index in [-0.39, 0.29) is 6.04 Å². The fourth-order valence-electron chi connectivity index (χ4n) is 2.25. The number of nitrogens with one attached hydrogen (secondary N) is 1. The Morgan fingerprint density at radius 3 is 2.79 bits per heavy atom. The summed E-state index contributed by atoms with van der Waals surface area (Å²) in [6.45, 7) is 4.20. The van der Waals surface area contributed by atoms with Crippen molar-refractivity contribution in [2.45, 2.75) is 19.9 Å². The molecule has 1 N–H and O–H groups in total. The summed E-state index contributed by atoms with van der Waals surface area (Å²) in [4.78, 5) is 10.0. The van der Waals surface area contributed by atoms with Gasteiger partial charge in [-0.3, -0.25) is 4.98 Å². The number of anilines is 1. The molecule has 0 amide bonds. The third kappa shape index (κ3) is 2.31. The first-order chi connectivity index (χ1) is 9.25. The van der Waals surface area contributed by atoms with Crippen LogP contribution < -0.4 is 5.32 Å². The van der Waals surface area contributed by atoms with Crippen molar-refractivity contribution in [1.82, 2.24) is 9.97 Å². The van der Waals surface area contributed by atoms with Crippen LogP contribution in [0.2, 0.25) is 0 Å². The molecule has 0 aliphatic rings. The molecular formula is C15H15N3S. The van der Waals surface area contributed by atoms with E-state index in [1.807, 2.05) is 24.7 Å². The lowest BCUT2D eigenvalue weighted by Gasteiger charge is -2.15. The number of nitrogens with zero attached hydrogens (tertiary/aromatic N) is 2. The van der Waals surface area contributed by atoms with Crippen molar-refractivity contribution < 1.29 is 0 Å². The fraction of sp³-hybridized carbons (Fsp3) is 0.200. The maximum atomic E-state index is 4.46. The van der Waals surface area contributed by atoms with Gasteiger partial charge < -0.3 is 5.32 Å². The largest absolute Gasteiger partial charge is 0.376 e. The minimum absolute atomic E-state index is 0.236. The van der Waals surface area contributed by atoms with E-state index in [0.717, 1.165) is 22.3 Å². The van der Waals surface area contributed by atoms with Crippen LogP contribution in [-0.2, 0) is 0 Å². The van der Waals surface area contributed by atoms with Crippen LogP contribution in [0, 0.1) is 6.92 Å². The van der Waals surface area contributed by atoms with Crippen LogP contribution in [0.1, 0.15) is 23.5 Å². The van der Waals surface area contributed by atoms with Crippen molar-refractivity contribution in [3.63, 3.8) is 0 Å². The summed E-state index contributed by atoms with van der Waals surface area (Å²) < 4.78 is 0. The van der Waals surface area contributed by atoms with Gasteiger partial charge in [-0.05, 0) is 26.0 Å². The van der Waals surface area contributed by atoms with Gasteiger partial charge in [-0.25, -0.2) is 4.98 Å². The standard InChI is InChI=1S/C15H15N3S/c1-10-15(19-9-17-10)11(2)18-13-7-3-5-12-6-4-8-16-14(12)13/h3-9,11,18H,1-2H3. The lowest BCUT2D eigenvalue weighted by molar-refractivity contribution is 0.892. The number of thiazole rings is 1. The van der Waals surface area contributed by atoms with Gasteiger partial charge in [0.15, 0.2) is 0 Å². The predicted octanol–water partition coefficient (Wildman–Crippen LogP) is 4.17. The van der Waals surface area contributed by atoms with Gasteiger partial charge in [-0.1, -0.05) is 18.2 Å². The van der Waals surface area contributed by atoms with Crippen molar-refractivity contribution in [2.24, 2.45) is 0 Å². The third-order valence-corrected chi connectivity index (χ3v) is 4.29. The number of aromatic nitrogens is 2. The van der Waals surface area contributed by atoms with Gasteiger partial charge >= 0.3 is 0 Å². The molecule has 3 nitrogen and oxygen atoms in total. The Morgan fingerprint density at radius 1 is 1.16 bits per heavy atom. The normalized spacial score (nSPS) is 12.5. The van der Waals surface area contributed by atoms with E-state index >= 15 is 0 Å². The molecule has 0 aliphatic heterocycles. The lowest BCUT2D eigenvalue weighted by Crippen LogP contribution is -2.07. The number of rotatable bonds is 3. The molecule has 0 fully saturated rings. The summed E-state index contributed by atoms with van der Waals surface area (Å²) in [5.74, 6) is 0. The first-order valence-electron chi connectivity index (χ1n) is 6.26. The zero-order valence-electron chi connectivity index (χ0n) is 10.9. The maximum absolute atomic E-state index is 4.46. The summed E-state index contributed by atoms with van der Waals surface area (Å²) in [6.07, 6.45) is 1.83. The van der Waals surface area contributed by atoms with E-state index in [2.05, 4.69) is 46.5 Å². The highest BCUT2D eigenvalue weighted by atomic mass is 32.1. The summed E-state index contributed by atoms with van der Waals surface area (Å²) in [6, 6.07) is 10.5. The molecule has 2 aromatic heterocycles. The molecule has 0 saturated carbocycles. The van der Waals surface area contributed by atoms with Crippen LogP contribution >= 0.6 is 11.3 Å². The highest BCUT2D eigenvalue weighted by Gasteiger charge is 2.12. The molecule has 1 atom stereocenters. The van der Waals surface area contributed by atoms with Crippen molar-refractivity contribution in [2.75, 3.05) is 5.32 Å². The van der Waals surface area contributed by atoms with Crippen LogP contribution in [0.15, 0.2) is 42.0 Å². The van der Waals surface area contributed by atoms with Crippen LogP contribution in [0.3, 0.4) is 0 Å². The number of hydrogen-bond donors (Lipinski definition) is 1. The van der Waals surface area contributed by atoms with Gasteiger partial charge in [0.1, 0.15) is 0 Å². The van der Waals surface area contributed by atoms with Crippen molar-refractivity contribution in [3.05, 3.63) is 52.6 Å². The van der Waals surface area contributed by atoms with Crippen LogP contribution in [0.4, 0.5) is 5.69 Å². The second-order valence-electron chi connectivity index (χ2n) is 4.55. The Morgan fingerprint density at radius 2 is 2.00 bits per heavy atom. The fourth-order valence-corrected chi connectivity index (χ4v) is 3.06. The SMILES string of the molecule is Cc1ncsc1C(C)Nc1cccc2cccnc12. The summed E-state index contributed by atoms with van der Waals surface area (Å²) in [5, 5.41) is 4.69. The van der Waals surface area contributed by atoms with Gasteiger partial charge in [-0.15, -0.1) is 11.3 Å². The number of hydrogen-bond acceptors (Lipinski definition) is 4. The molecule has 0 radical (unpaired) electrons. The number of fused-ring (bicyclic) bond motifs is 1. The number of para-hydroxylation sites is 1. The Labute approximate surface area is 116 Å². The summed E-state index contributed by atoms with van der Waals surface area (Å²) in [7, 11) is 0. The molecule has 0 aliphatic carbocycles. The number of pyridine rings is 1. The van der Waals surface area contributed by atoms with Crippen LogP contribution in [0.25, 0.3) is 10.9 Å². The molecule has 19 heavy (non-hydrogen) atoms. The van der Waals surface area contributed by atoms with E-state index in [1.165, 1.54) is 4.88 Å². The molecule has 2 heterocycles. The van der Waals surface area contributed by atoms with Gasteiger partial charge in [0.05, 0.1) is 28.5 Å². The summed E-state index contributed by atoms with van der Waals surface area (Å²) >= 11 is 1.69. The maximum Gasteiger partial charge on any atom is 0.0933 e. The lowest BCUT2D eigenvalue weighted by atomic mass is 10.1. The molecule has 3 rings (SSSR count). The molecule has 3 aromatic rings. The average Bonchev–Trinajstić information content (AvgIpc) is 2.85. The van der Waals surface area contributed by atoms with Crippen LogP contribution in [0.5, 0.6) is 0 Å². The molecule has 4 heteroatoms. The Bertz CT molecular complexity index is 700. The average molecular weight is 269 g/mol. The molecule has 96 valence electrons. The molecular weight excluding hydrogens is 254 g/mol. The zero-order chi connectivity index (χ0) is 13.2. The van der Waals surface area contributed by atoms with Gasteiger partial charge in [0.25, 0.3) is 0 Å². The monoisotopic (exact) mass is 269 g/mol. The van der Waals surface area contributed by atoms with Crippen molar-refractivity contribution in [3.8, 4) is 0 Å². The smallest absolute Gasteiger partial charge is 0.0933 e. The molecule has 0 saturated heterocycles. The highest BCUT2D eigenvalue weighted by Crippen LogP contribution is 2.28. The first kappa shape index (κ1) is 12.1. The van der Waals surface area contributed by atoms with E-state index in [9.17, 15) is 0 Å². The minimum atomic E-state index is 0.236. The molecule has 0 spiro atoms. The van der Waals surface area contributed by atoms with Crippen molar-refractivity contribution >= 4 is 27.9 Å². The second-order valence-corrected chi connectivity index (χ2v) is 5.44. The zero-order valence-corrected chi connectivity index (χ0v) is 11.7. The number of benzene rings is 1. The molecule has 0 bridgehead atoms. The second kappa shape index (κ2) is 4.97.